The second-order valence-electron chi connectivity index (χ2n) is 8.45. The molecule has 0 spiro atoms. The number of anilines is 1. The number of aryl methyl sites for hydroxylation is 2. The van der Waals surface area contributed by atoms with E-state index in [1.165, 1.54) is 5.56 Å². The normalized spacial score (nSPS) is 15.6. The van der Waals surface area contributed by atoms with Crippen LogP contribution in [0.1, 0.15) is 28.7 Å². The van der Waals surface area contributed by atoms with E-state index in [0.29, 0.717) is 26.1 Å². The molecule has 5 heteroatoms. The maximum Gasteiger partial charge on any atom is 0.318 e. The van der Waals surface area contributed by atoms with Crippen LogP contribution in [0.25, 0.3) is 0 Å². The standard InChI is InChI=1S/C27H29N3O2/c1-20-13-14-25(15-21(20)2)30-19-24(16-26(30)31)28-27(32)29(17-22-9-5-3-6-10-22)18-23-11-7-4-8-12-23/h3-15,24H,16-19H2,1-2H3,(H,28,32)/t24-/m0/s1. The lowest BCUT2D eigenvalue weighted by molar-refractivity contribution is -0.117. The van der Waals surface area contributed by atoms with Crippen LogP contribution in [0.3, 0.4) is 0 Å². The summed E-state index contributed by atoms with van der Waals surface area (Å²) in [5.41, 5.74) is 5.37. The van der Waals surface area contributed by atoms with Crippen molar-refractivity contribution in [3.63, 3.8) is 0 Å². The molecule has 1 heterocycles. The Morgan fingerprint density at radius 1 is 0.906 bits per heavy atom. The fraction of sp³-hybridized carbons (Fsp3) is 0.259. The van der Waals surface area contributed by atoms with Crippen LogP contribution in [0, 0.1) is 13.8 Å². The predicted octanol–water partition coefficient (Wildman–Crippen LogP) is 4.82. The summed E-state index contributed by atoms with van der Waals surface area (Å²) < 4.78 is 0. The average Bonchev–Trinajstić information content (AvgIpc) is 3.16. The van der Waals surface area contributed by atoms with Crippen molar-refractivity contribution in [2.24, 2.45) is 0 Å². The Balaban J connectivity index is 1.46. The van der Waals surface area contributed by atoms with Crippen molar-refractivity contribution >= 4 is 17.6 Å². The van der Waals surface area contributed by atoms with Crippen molar-refractivity contribution in [2.45, 2.75) is 39.4 Å². The number of benzene rings is 3. The monoisotopic (exact) mass is 427 g/mol. The van der Waals surface area contributed by atoms with Crippen molar-refractivity contribution in [2.75, 3.05) is 11.4 Å². The molecule has 0 bridgehead atoms. The maximum absolute atomic E-state index is 13.2. The van der Waals surface area contributed by atoms with Crippen LogP contribution in [0.4, 0.5) is 10.5 Å². The number of nitrogens with one attached hydrogen (secondary N) is 1. The highest BCUT2D eigenvalue weighted by molar-refractivity contribution is 5.97. The third-order valence-corrected chi connectivity index (χ3v) is 5.97. The Kier molecular flexibility index (Phi) is 6.55. The summed E-state index contributed by atoms with van der Waals surface area (Å²) in [5.74, 6) is 0.0382. The molecule has 0 radical (unpaired) electrons. The van der Waals surface area contributed by atoms with Crippen LogP contribution < -0.4 is 10.2 Å². The Labute approximate surface area is 189 Å². The van der Waals surface area contributed by atoms with Gasteiger partial charge in [-0.1, -0.05) is 66.7 Å². The number of rotatable bonds is 6. The first-order valence-corrected chi connectivity index (χ1v) is 11.0. The lowest BCUT2D eigenvalue weighted by atomic mass is 10.1. The molecule has 164 valence electrons. The second kappa shape index (κ2) is 9.69. The highest BCUT2D eigenvalue weighted by Gasteiger charge is 2.32. The van der Waals surface area contributed by atoms with Crippen LogP contribution in [-0.2, 0) is 17.9 Å². The van der Waals surface area contributed by atoms with E-state index in [2.05, 4.69) is 12.2 Å². The van der Waals surface area contributed by atoms with Crippen LogP contribution in [0.2, 0.25) is 0 Å². The second-order valence-corrected chi connectivity index (χ2v) is 8.45. The van der Waals surface area contributed by atoms with Crippen LogP contribution >= 0.6 is 0 Å². The number of hydrogen-bond acceptors (Lipinski definition) is 2. The summed E-state index contributed by atoms with van der Waals surface area (Å²) >= 11 is 0. The van der Waals surface area contributed by atoms with Gasteiger partial charge < -0.3 is 15.1 Å². The zero-order chi connectivity index (χ0) is 22.5. The molecule has 0 aromatic heterocycles. The zero-order valence-corrected chi connectivity index (χ0v) is 18.6. The Morgan fingerprint density at radius 2 is 1.50 bits per heavy atom. The topological polar surface area (TPSA) is 52.7 Å². The van der Waals surface area contributed by atoms with Gasteiger partial charge in [-0.15, -0.1) is 0 Å². The van der Waals surface area contributed by atoms with Gasteiger partial charge in [0.2, 0.25) is 5.91 Å². The van der Waals surface area contributed by atoms with Crippen molar-refractivity contribution in [1.29, 1.82) is 0 Å². The molecule has 32 heavy (non-hydrogen) atoms. The molecular formula is C27H29N3O2. The van der Waals surface area contributed by atoms with Gasteiger partial charge in [0.1, 0.15) is 0 Å². The predicted molar refractivity (Wildman–Crippen MR) is 127 cm³/mol. The van der Waals surface area contributed by atoms with Crippen LogP contribution in [0.5, 0.6) is 0 Å². The molecule has 0 unspecified atom stereocenters. The number of urea groups is 1. The first kappa shape index (κ1) is 21.6. The molecule has 1 fully saturated rings. The smallest absolute Gasteiger partial charge is 0.318 e. The molecule has 0 aliphatic carbocycles. The third-order valence-electron chi connectivity index (χ3n) is 5.97. The molecule has 4 rings (SSSR count). The lowest BCUT2D eigenvalue weighted by Gasteiger charge is -2.25. The summed E-state index contributed by atoms with van der Waals surface area (Å²) in [4.78, 5) is 29.5. The average molecular weight is 428 g/mol. The quantitative estimate of drug-likeness (QED) is 0.613. The highest BCUT2D eigenvalue weighted by atomic mass is 16.2. The minimum absolute atomic E-state index is 0.0382. The summed E-state index contributed by atoms with van der Waals surface area (Å²) in [7, 11) is 0. The summed E-state index contributed by atoms with van der Waals surface area (Å²) in [6.45, 7) is 5.59. The van der Waals surface area contributed by atoms with E-state index in [0.717, 1.165) is 22.4 Å². The number of hydrogen-bond donors (Lipinski definition) is 1. The fourth-order valence-electron chi connectivity index (χ4n) is 4.02. The van der Waals surface area contributed by atoms with Gasteiger partial charge >= 0.3 is 6.03 Å². The van der Waals surface area contributed by atoms with Crippen molar-refractivity contribution in [1.82, 2.24) is 10.2 Å². The number of amides is 3. The molecule has 3 amide bonds. The molecule has 1 N–H and O–H groups in total. The van der Waals surface area contributed by atoms with E-state index in [4.69, 9.17) is 0 Å². The van der Waals surface area contributed by atoms with E-state index >= 15 is 0 Å². The SMILES string of the molecule is Cc1ccc(N2C[C@@H](NC(=O)N(Cc3ccccc3)Cc3ccccc3)CC2=O)cc1C. The molecule has 1 aliphatic rings. The van der Waals surface area contributed by atoms with Gasteiger partial charge in [0.05, 0.1) is 6.04 Å². The van der Waals surface area contributed by atoms with E-state index in [1.807, 2.05) is 85.8 Å². The largest absolute Gasteiger partial charge is 0.333 e. The van der Waals surface area contributed by atoms with Crippen LogP contribution in [-0.4, -0.2) is 29.4 Å². The third kappa shape index (κ3) is 5.17. The minimum Gasteiger partial charge on any atom is -0.333 e. The highest BCUT2D eigenvalue weighted by Crippen LogP contribution is 2.24. The summed E-state index contributed by atoms with van der Waals surface area (Å²) in [5, 5.41) is 3.10. The molecule has 1 aliphatic heterocycles. The number of nitrogens with zero attached hydrogens (tertiary/aromatic N) is 2. The minimum atomic E-state index is -0.217. The van der Waals surface area contributed by atoms with Gasteiger partial charge in [0.15, 0.2) is 0 Å². The molecule has 0 saturated carbocycles. The Morgan fingerprint density at radius 3 is 2.06 bits per heavy atom. The van der Waals surface area contributed by atoms with E-state index in [9.17, 15) is 9.59 Å². The first-order valence-electron chi connectivity index (χ1n) is 11.0. The molecule has 1 saturated heterocycles. The van der Waals surface area contributed by atoms with Gasteiger partial charge in [-0.05, 0) is 48.2 Å². The molecule has 3 aromatic carbocycles. The Bertz CT molecular complexity index is 1040. The van der Waals surface area contributed by atoms with Crippen molar-refractivity contribution in [3.8, 4) is 0 Å². The fourth-order valence-corrected chi connectivity index (χ4v) is 4.02. The van der Waals surface area contributed by atoms with E-state index in [1.54, 1.807) is 9.80 Å². The van der Waals surface area contributed by atoms with Gasteiger partial charge in [-0.3, -0.25) is 4.79 Å². The molecule has 5 nitrogen and oxygen atoms in total. The van der Waals surface area contributed by atoms with Gasteiger partial charge in [0, 0.05) is 31.7 Å². The maximum atomic E-state index is 13.2. The van der Waals surface area contributed by atoms with Crippen molar-refractivity contribution in [3.05, 3.63) is 101 Å². The number of carbonyl (C=O) groups excluding carboxylic acids is 2. The zero-order valence-electron chi connectivity index (χ0n) is 18.6. The van der Waals surface area contributed by atoms with Crippen molar-refractivity contribution < 1.29 is 9.59 Å². The van der Waals surface area contributed by atoms with E-state index in [-0.39, 0.29) is 18.0 Å². The summed E-state index contributed by atoms with van der Waals surface area (Å²) in [6, 6.07) is 25.6. The number of carbonyl (C=O) groups is 2. The van der Waals surface area contributed by atoms with Crippen LogP contribution in [0.15, 0.2) is 78.9 Å². The first-order chi connectivity index (χ1) is 15.5. The van der Waals surface area contributed by atoms with E-state index < -0.39 is 0 Å². The lowest BCUT2D eigenvalue weighted by Crippen LogP contribution is -2.45. The summed E-state index contributed by atoms with van der Waals surface area (Å²) in [6.07, 6.45) is 0.309. The molecule has 1 atom stereocenters. The molecular weight excluding hydrogens is 398 g/mol. The van der Waals surface area contributed by atoms with Gasteiger partial charge in [-0.25, -0.2) is 4.79 Å². The van der Waals surface area contributed by atoms with Gasteiger partial charge in [-0.2, -0.15) is 0 Å². The Hall–Kier alpha value is -3.60. The molecule has 3 aromatic rings. The van der Waals surface area contributed by atoms with Gasteiger partial charge in [0.25, 0.3) is 0 Å².